The van der Waals surface area contributed by atoms with E-state index in [0.29, 0.717) is 13.2 Å². The molecule has 18 heavy (non-hydrogen) atoms. The summed E-state index contributed by atoms with van der Waals surface area (Å²) in [6.07, 6.45) is 1.30. The number of hydrogen-bond donors (Lipinski definition) is 2. The molecule has 1 aromatic heterocycles. The van der Waals surface area contributed by atoms with Gasteiger partial charge in [-0.15, -0.1) is 0 Å². The lowest BCUT2D eigenvalue weighted by atomic mass is 10.2. The first-order chi connectivity index (χ1) is 8.54. The maximum Gasteiger partial charge on any atom is 0.354 e. The Morgan fingerprint density at radius 1 is 1.56 bits per heavy atom. The molecule has 6 heteroatoms. The molecule has 0 fully saturated rings. The molecule has 6 nitrogen and oxygen atoms in total. The van der Waals surface area contributed by atoms with E-state index in [1.54, 1.807) is 0 Å². The summed E-state index contributed by atoms with van der Waals surface area (Å²) < 4.78 is 5.17. The number of aromatic nitrogens is 1. The van der Waals surface area contributed by atoms with Gasteiger partial charge in [-0.2, -0.15) is 0 Å². The Bertz CT molecular complexity index is 434. The van der Waals surface area contributed by atoms with E-state index < -0.39 is 5.97 Å². The van der Waals surface area contributed by atoms with Crippen molar-refractivity contribution >= 4 is 11.9 Å². The highest BCUT2D eigenvalue weighted by Gasteiger charge is 2.12. The van der Waals surface area contributed by atoms with Crippen molar-refractivity contribution in [3.05, 3.63) is 29.6 Å². The Kier molecular flexibility index (Phi) is 5.26. The molecule has 0 radical (unpaired) electrons. The molecule has 1 rings (SSSR count). The lowest BCUT2D eigenvalue weighted by Gasteiger charge is -2.13. The molecule has 2 N–H and O–H groups in total. The Balaban J connectivity index is 2.66. The van der Waals surface area contributed by atoms with Crippen LogP contribution in [0.25, 0.3) is 0 Å². The Hall–Kier alpha value is -1.95. The van der Waals surface area contributed by atoms with Crippen LogP contribution < -0.4 is 5.32 Å². The van der Waals surface area contributed by atoms with E-state index in [9.17, 15) is 9.59 Å². The SMILES string of the molecule is CCOCC(C)NC(=O)c1ccnc(C(=O)O)c1. The maximum atomic E-state index is 11.8. The van der Waals surface area contributed by atoms with Gasteiger partial charge in [-0.25, -0.2) is 9.78 Å². The van der Waals surface area contributed by atoms with E-state index in [1.165, 1.54) is 18.3 Å². The summed E-state index contributed by atoms with van der Waals surface area (Å²) in [7, 11) is 0. The molecule has 1 amide bonds. The first-order valence-electron chi connectivity index (χ1n) is 5.62. The van der Waals surface area contributed by atoms with E-state index in [4.69, 9.17) is 9.84 Å². The van der Waals surface area contributed by atoms with Crippen LogP contribution in [-0.4, -0.2) is 41.2 Å². The molecule has 0 spiro atoms. The topological polar surface area (TPSA) is 88.5 Å². The van der Waals surface area contributed by atoms with Crippen LogP contribution in [0.4, 0.5) is 0 Å². The number of carbonyl (C=O) groups is 2. The number of carbonyl (C=O) groups excluding carboxylic acids is 1. The standard InChI is InChI=1S/C12H16N2O4/c1-3-18-7-8(2)14-11(15)9-4-5-13-10(6-9)12(16)17/h4-6,8H,3,7H2,1-2H3,(H,14,15)(H,16,17). The van der Waals surface area contributed by atoms with Crippen molar-refractivity contribution in [3.63, 3.8) is 0 Å². The summed E-state index contributed by atoms with van der Waals surface area (Å²) in [5.74, 6) is -1.50. The Morgan fingerprint density at radius 2 is 2.28 bits per heavy atom. The van der Waals surface area contributed by atoms with Crippen LogP contribution in [-0.2, 0) is 4.74 Å². The normalized spacial score (nSPS) is 11.9. The molecule has 0 aromatic carbocycles. The summed E-state index contributed by atoms with van der Waals surface area (Å²) in [6.45, 7) is 4.68. The van der Waals surface area contributed by atoms with Gasteiger partial charge >= 0.3 is 5.97 Å². The second-order valence-corrected chi connectivity index (χ2v) is 3.77. The second kappa shape index (κ2) is 6.70. The van der Waals surface area contributed by atoms with Crippen molar-refractivity contribution in [2.45, 2.75) is 19.9 Å². The highest BCUT2D eigenvalue weighted by Crippen LogP contribution is 2.02. The molecular formula is C12H16N2O4. The lowest BCUT2D eigenvalue weighted by Crippen LogP contribution is -2.36. The predicted octanol–water partition coefficient (Wildman–Crippen LogP) is 0.935. The zero-order chi connectivity index (χ0) is 13.5. The van der Waals surface area contributed by atoms with E-state index in [0.717, 1.165) is 0 Å². The molecule has 1 heterocycles. The number of rotatable bonds is 6. The van der Waals surface area contributed by atoms with Crippen molar-refractivity contribution in [1.82, 2.24) is 10.3 Å². The summed E-state index contributed by atoms with van der Waals surface area (Å²) in [5, 5.41) is 11.5. The van der Waals surface area contributed by atoms with E-state index in [2.05, 4.69) is 10.3 Å². The molecule has 0 bridgehead atoms. The Labute approximate surface area is 105 Å². The van der Waals surface area contributed by atoms with Crippen LogP contribution >= 0.6 is 0 Å². The molecule has 0 saturated heterocycles. The molecule has 1 aromatic rings. The van der Waals surface area contributed by atoms with Crippen molar-refractivity contribution in [3.8, 4) is 0 Å². The fourth-order valence-corrected chi connectivity index (χ4v) is 1.33. The van der Waals surface area contributed by atoms with Gasteiger partial charge in [0.2, 0.25) is 0 Å². The van der Waals surface area contributed by atoms with Crippen LogP contribution in [0.3, 0.4) is 0 Å². The minimum absolute atomic E-state index is 0.140. The number of nitrogens with zero attached hydrogens (tertiary/aromatic N) is 1. The monoisotopic (exact) mass is 252 g/mol. The van der Waals surface area contributed by atoms with Gasteiger partial charge in [0, 0.05) is 24.4 Å². The summed E-state index contributed by atoms with van der Waals surface area (Å²) >= 11 is 0. The summed E-state index contributed by atoms with van der Waals surface area (Å²) in [5.41, 5.74) is 0.117. The smallest absolute Gasteiger partial charge is 0.354 e. The van der Waals surface area contributed by atoms with Gasteiger partial charge in [-0.1, -0.05) is 0 Å². The number of pyridine rings is 1. The zero-order valence-electron chi connectivity index (χ0n) is 10.3. The first-order valence-corrected chi connectivity index (χ1v) is 5.62. The van der Waals surface area contributed by atoms with Gasteiger partial charge in [-0.05, 0) is 26.0 Å². The number of amides is 1. The molecule has 0 aliphatic carbocycles. The Morgan fingerprint density at radius 3 is 2.89 bits per heavy atom. The highest BCUT2D eigenvalue weighted by molar-refractivity contribution is 5.96. The van der Waals surface area contributed by atoms with Gasteiger partial charge in [0.15, 0.2) is 0 Å². The number of ether oxygens (including phenoxy) is 1. The summed E-state index contributed by atoms with van der Waals surface area (Å²) in [6, 6.07) is 2.57. The van der Waals surface area contributed by atoms with Crippen molar-refractivity contribution < 1.29 is 19.4 Å². The number of carboxylic acid groups (broad SMARTS) is 1. The third-order valence-corrected chi connectivity index (χ3v) is 2.19. The van der Waals surface area contributed by atoms with Gasteiger partial charge in [0.25, 0.3) is 5.91 Å². The number of nitrogens with one attached hydrogen (secondary N) is 1. The van der Waals surface area contributed by atoms with Gasteiger partial charge < -0.3 is 15.2 Å². The maximum absolute atomic E-state index is 11.8. The molecule has 98 valence electrons. The molecule has 1 unspecified atom stereocenters. The van der Waals surface area contributed by atoms with Gasteiger partial charge in [0.1, 0.15) is 5.69 Å². The zero-order valence-corrected chi connectivity index (χ0v) is 10.3. The van der Waals surface area contributed by atoms with E-state index in [1.807, 2.05) is 13.8 Å². The van der Waals surface area contributed by atoms with Gasteiger partial charge in [0.05, 0.1) is 6.61 Å². The molecule has 0 saturated carbocycles. The predicted molar refractivity (Wildman–Crippen MR) is 64.6 cm³/mol. The van der Waals surface area contributed by atoms with Crippen molar-refractivity contribution in [1.29, 1.82) is 0 Å². The van der Waals surface area contributed by atoms with Crippen LogP contribution in [0.15, 0.2) is 18.3 Å². The minimum atomic E-state index is -1.16. The number of aromatic carboxylic acids is 1. The van der Waals surface area contributed by atoms with Crippen LogP contribution in [0.1, 0.15) is 34.7 Å². The van der Waals surface area contributed by atoms with Crippen LogP contribution in [0.2, 0.25) is 0 Å². The molecule has 1 atom stereocenters. The third kappa shape index (κ3) is 4.14. The molecular weight excluding hydrogens is 236 g/mol. The minimum Gasteiger partial charge on any atom is -0.477 e. The van der Waals surface area contributed by atoms with Crippen LogP contribution in [0.5, 0.6) is 0 Å². The average Bonchev–Trinajstić information content (AvgIpc) is 2.36. The first kappa shape index (κ1) is 14.1. The number of hydrogen-bond acceptors (Lipinski definition) is 4. The van der Waals surface area contributed by atoms with Gasteiger partial charge in [-0.3, -0.25) is 4.79 Å². The lowest BCUT2D eigenvalue weighted by molar-refractivity contribution is 0.0690. The van der Waals surface area contributed by atoms with E-state index >= 15 is 0 Å². The average molecular weight is 252 g/mol. The van der Waals surface area contributed by atoms with Crippen LogP contribution in [0, 0.1) is 0 Å². The highest BCUT2D eigenvalue weighted by atomic mass is 16.5. The largest absolute Gasteiger partial charge is 0.477 e. The second-order valence-electron chi connectivity index (χ2n) is 3.77. The van der Waals surface area contributed by atoms with E-state index in [-0.39, 0.29) is 23.2 Å². The quantitative estimate of drug-likeness (QED) is 0.786. The van der Waals surface area contributed by atoms with Crippen molar-refractivity contribution in [2.24, 2.45) is 0 Å². The third-order valence-electron chi connectivity index (χ3n) is 2.19. The number of carboxylic acids is 1. The fraction of sp³-hybridized carbons (Fsp3) is 0.417. The van der Waals surface area contributed by atoms with Crippen molar-refractivity contribution in [2.75, 3.05) is 13.2 Å². The summed E-state index contributed by atoms with van der Waals surface area (Å²) in [4.78, 5) is 26.2. The molecule has 0 aliphatic heterocycles. The molecule has 0 aliphatic rings. The fourth-order valence-electron chi connectivity index (χ4n) is 1.33.